The second-order valence-corrected chi connectivity index (χ2v) is 11.0. The fourth-order valence-corrected chi connectivity index (χ4v) is 4.91. The number of rotatable bonds is 20. The van der Waals surface area contributed by atoms with E-state index in [0.29, 0.717) is 17.4 Å². The molecule has 6 nitrogen and oxygen atoms in total. The number of nitrogens with zero attached hydrogens (tertiary/aromatic N) is 2. The SMILES string of the molecule is CCCCCCCCCCCCCCOc1ccc(COC(=O)N(Cc2ccc[n+](CCC)c2)C(C)=O)cc1Cl. The number of hydrogen-bond donors (Lipinski definition) is 0. The molecule has 0 bridgehead atoms. The Hall–Kier alpha value is -2.60. The Morgan fingerprint density at radius 2 is 1.50 bits per heavy atom. The first-order chi connectivity index (χ1) is 19.4. The number of aryl methyl sites for hydroxylation is 1. The zero-order valence-corrected chi connectivity index (χ0v) is 25.7. The van der Waals surface area contributed by atoms with Gasteiger partial charge in [0, 0.05) is 25.0 Å². The Bertz CT molecular complexity index is 1010. The number of ether oxygens (including phenoxy) is 2. The van der Waals surface area contributed by atoms with Gasteiger partial charge < -0.3 is 9.47 Å². The second-order valence-electron chi connectivity index (χ2n) is 10.6. The summed E-state index contributed by atoms with van der Waals surface area (Å²) >= 11 is 6.42. The van der Waals surface area contributed by atoms with E-state index >= 15 is 0 Å². The maximum absolute atomic E-state index is 12.7. The molecule has 0 radical (unpaired) electrons. The van der Waals surface area contributed by atoms with Crippen LogP contribution in [0.3, 0.4) is 0 Å². The van der Waals surface area contributed by atoms with E-state index in [9.17, 15) is 9.59 Å². The number of unbranched alkanes of at least 4 members (excludes halogenated alkanes) is 11. The fourth-order valence-electron chi connectivity index (χ4n) is 4.65. The van der Waals surface area contributed by atoms with Crippen molar-refractivity contribution in [2.45, 2.75) is 124 Å². The summed E-state index contributed by atoms with van der Waals surface area (Å²) in [5.41, 5.74) is 1.60. The van der Waals surface area contributed by atoms with E-state index in [1.807, 2.05) is 41.2 Å². The molecule has 0 unspecified atom stereocenters. The van der Waals surface area contributed by atoms with E-state index in [2.05, 4.69) is 13.8 Å². The van der Waals surface area contributed by atoms with Gasteiger partial charge >= 0.3 is 6.09 Å². The van der Waals surface area contributed by atoms with E-state index in [1.54, 1.807) is 6.07 Å². The molecule has 1 heterocycles. The lowest BCUT2D eigenvalue weighted by Gasteiger charge is -2.18. The van der Waals surface area contributed by atoms with Crippen LogP contribution >= 0.6 is 11.6 Å². The van der Waals surface area contributed by atoms with Crippen molar-refractivity contribution in [1.82, 2.24) is 4.90 Å². The highest BCUT2D eigenvalue weighted by Crippen LogP contribution is 2.26. The molecule has 0 N–H and O–H groups in total. The van der Waals surface area contributed by atoms with Crippen LogP contribution < -0.4 is 9.30 Å². The third-order valence-corrected chi connectivity index (χ3v) is 7.25. The lowest BCUT2D eigenvalue weighted by atomic mass is 10.1. The molecule has 1 aromatic carbocycles. The molecule has 2 amide bonds. The van der Waals surface area contributed by atoms with Gasteiger partial charge in [-0.25, -0.2) is 14.3 Å². The van der Waals surface area contributed by atoms with Crippen LogP contribution in [0.2, 0.25) is 5.02 Å². The Morgan fingerprint density at radius 1 is 0.850 bits per heavy atom. The number of aromatic nitrogens is 1. The van der Waals surface area contributed by atoms with Gasteiger partial charge in [-0.05, 0) is 30.2 Å². The summed E-state index contributed by atoms with van der Waals surface area (Å²) in [5, 5.41) is 0.487. The third-order valence-electron chi connectivity index (χ3n) is 6.96. The van der Waals surface area contributed by atoms with Gasteiger partial charge in [-0.1, -0.05) is 102 Å². The van der Waals surface area contributed by atoms with E-state index < -0.39 is 6.09 Å². The average molecular weight is 574 g/mol. The molecule has 0 saturated carbocycles. The Balaban J connectivity index is 1.67. The first-order valence-corrected chi connectivity index (χ1v) is 15.7. The van der Waals surface area contributed by atoms with Crippen molar-refractivity contribution in [1.29, 1.82) is 0 Å². The molecule has 222 valence electrons. The molecule has 0 aliphatic rings. The first kappa shape index (κ1) is 33.6. The lowest BCUT2D eigenvalue weighted by Crippen LogP contribution is -2.37. The number of amides is 2. The van der Waals surface area contributed by atoms with Crippen LogP contribution in [0.1, 0.15) is 115 Å². The quantitative estimate of drug-likeness (QED) is 0.117. The van der Waals surface area contributed by atoms with E-state index in [0.717, 1.165) is 41.8 Å². The second kappa shape index (κ2) is 20.3. The van der Waals surface area contributed by atoms with Crippen LogP contribution in [-0.2, 0) is 29.2 Å². The smallest absolute Gasteiger partial charge is 0.417 e. The molecule has 0 fully saturated rings. The van der Waals surface area contributed by atoms with Crippen LogP contribution in [-0.4, -0.2) is 23.5 Å². The maximum atomic E-state index is 12.7. The topological polar surface area (TPSA) is 59.7 Å². The van der Waals surface area contributed by atoms with Crippen molar-refractivity contribution in [3.8, 4) is 5.75 Å². The number of benzene rings is 1. The number of carbonyl (C=O) groups excluding carboxylic acids is 2. The normalized spacial score (nSPS) is 10.9. The number of imide groups is 1. The molecule has 0 aliphatic heterocycles. The molecule has 0 saturated heterocycles. The van der Waals surface area contributed by atoms with Gasteiger partial charge in [-0.2, -0.15) is 0 Å². The van der Waals surface area contributed by atoms with Crippen molar-refractivity contribution < 1.29 is 23.6 Å². The standard InChI is InChI=1S/C33H50ClN2O4/c1-4-6-7-8-9-10-11-12-13-14-15-16-23-39-32-20-19-29(24-31(32)34)27-40-33(38)36(28(3)37)26-30-18-17-22-35(25-30)21-5-2/h17-20,22,24-25H,4-16,21,23,26-27H2,1-3H3/q+1. The molecule has 2 aromatic rings. The molecular weight excluding hydrogens is 524 g/mol. The monoisotopic (exact) mass is 573 g/mol. The average Bonchev–Trinajstić information content (AvgIpc) is 2.94. The highest BCUT2D eigenvalue weighted by molar-refractivity contribution is 6.32. The predicted octanol–water partition coefficient (Wildman–Crippen LogP) is 8.80. The summed E-state index contributed by atoms with van der Waals surface area (Å²) in [6.45, 7) is 7.42. The van der Waals surface area contributed by atoms with Gasteiger partial charge in [0.1, 0.15) is 18.9 Å². The minimum atomic E-state index is -0.679. The molecule has 0 spiro atoms. The van der Waals surface area contributed by atoms with Gasteiger partial charge in [0.15, 0.2) is 12.4 Å². The lowest BCUT2D eigenvalue weighted by molar-refractivity contribution is -0.697. The maximum Gasteiger partial charge on any atom is 0.417 e. The Morgan fingerprint density at radius 3 is 2.10 bits per heavy atom. The molecule has 40 heavy (non-hydrogen) atoms. The molecule has 7 heteroatoms. The summed E-state index contributed by atoms with van der Waals surface area (Å²) in [6.07, 6.45) is 19.9. The van der Waals surface area contributed by atoms with Gasteiger partial charge in [0.2, 0.25) is 5.91 Å². The molecule has 0 aliphatic carbocycles. The molecular formula is C33H50ClN2O4+. The number of pyridine rings is 1. The van der Waals surface area contributed by atoms with Crippen LogP contribution in [0.5, 0.6) is 5.75 Å². The van der Waals surface area contributed by atoms with E-state index in [1.165, 1.54) is 71.1 Å². The number of hydrogen-bond acceptors (Lipinski definition) is 4. The van der Waals surface area contributed by atoms with E-state index in [4.69, 9.17) is 21.1 Å². The van der Waals surface area contributed by atoms with Crippen LogP contribution in [0.4, 0.5) is 4.79 Å². The molecule has 0 atom stereocenters. The first-order valence-electron chi connectivity index (χ1n) is 15.3. The summed E-state index contributed by atoms with van der Waals surface area (Å²) in [4.78, 5) is 26.0. The highest BCUT2D eigenvalue weighted by Gasteiger charge is 2.21. The molecule has 2 rings (SSSR count). The van der Waals surface area contributed by atoms with Crippen molar-refractivity contribution in [2.24, 2.45) is 0 Å². The summed E-state index contributed by atoms with van der Waals surface area (Å²) < 4.78 is 13.4. The zero-order valence-electron chi connectivity index (χ0n) is 25.0. The highest BCUT2D eigenvalue weighted by atomic mass is 35.5. The van der Waals surface area contributed by atoms with Gasteiger partial charge in [0.05, 0.1) is 18.2 Å². The Labute approximate surface area is 247 Å². The summed E-state index contributed by atoms with van der Waals surface area (Å²) in [5.74, 6) is 0.269. The summed E-state index contributed by atoms with van der Waals surface area (Å²) in [7, 11) is 0. The van der Waals surface area contributed by atoms with Crippen molar-refractivity contribution in [2.75, 3.05) is 6.61 Å². The van der Waals surface area contributed by atoms with Crippen LogP contribution in [0.15, 0.2) is 42.7 Å². The van der Waals surface area contributed by atoms with Crippen molar-refractivity contribution in [3.63, 3.8) is 0 Å². The van der Waals surface area contributed by atoms with Crippen molar-refractivity contribution >= 4 is 23.6 Å². The van der Waals surface area contributed by atoms with Crippen LogP contribution in [0.25, 0.3) is 0 Å². The Kier molecular flexibility index (Phi) is 17.1. The number of halogens is 1. The minimum Gasteiger partial charge on any atom is -0.492 e. The van der Waals surface area contributed by atoms with Gasteiger partial charge in [-0.15, -0.1) is 0 Å². The summed E-state index contributed by atoms with van der Waals surface area (Å²) in [6, 6.07) is 9.20. The zero-order chi connectivity index (χ0) is 29.0. The van der Waals surface area contributed by atoms with Crippen molar-refractivity contribution in [3.05, 3.63) is 58.9 Å². The number of carbonyl (C=O) groups is 2. The van der Waals surface area contributed by atoms with Crippen LogP contribution in [0, 0.1) is 0 Å². The third kappa shape index (κ3) is 13.6. The van der Waals surface area contributed by atoms with Gasteiger partial charge in [0.25, 0.3) is 0 Å². The van der Waals surface area contributed by atoms with Gasteiger partial charge in [-0.3, -0.25) is 4.79 Å². The minimum absolute atomic E-state index is 0.0198. The van der Waals surface area contributed by atoms with E-state index in [-0.39, 0.29) is 19.1 Å². The predicted molar refractivity (Wildman–Crippen MR) is 161 cm³/mol. The molecule has 1 aromatic heterocycles. The largest absolute Gasteiger partial charge is 0.492 e. The fraction of sp³-hybridized carbons (Fsp3) is 0.606.